The molecule has 6 nitrogen and oxygen atoms in total. The Balaban J connectivity index is 2.88. The molecule has 0 N–H and O–H groups in total. The Labute approximate surface area is 103 Å². The zero-order valence-corrected chi connectivity index (χ0v) is 10.6. The molecule has 0 aliphatic carbocycles. The Morgan fingerprint density at radius 2 is 2.24 bits per heavy atom. The lowest BCUT2D eigenvalue weighted by Crippen LogP contribution is -2.29. The molecule has 0 aliphatic heterocycles. The predicted octanol–water partition coefficient (Wildman–Crippen LogP) is 1.56. The minimum absolute atomic E-state index is 0.0732. The smallest absolute Gasteiger partial charge is 0.301 e. The van der Waals surface area contributed by atoms with E-state index in [1.165, 1.54) is 23.2 Å². The average molecular weight is 255 g/mol. The number of hydrogen-bond acceptors (Lipinski definition) is 5. The summed E-state index contributed by atoms with van der Waals surface area (Å²) in [6.07, 6.45) is 1.47. The van der Waals surface area contributed by atoms with Crippen molar-refractivity contribution in [2.75, 3.05) is 14.1 Å². The first-order chi connectivity index (χ1) is 7.93. The highest BCUT2D eigenvalue weighted by molar-refractivity contribution is 8.00. The molecule has 0 aromatic carbocycles. The van der Waals surface area contributed by atoms with Gasteiger partial charge in [-0.2, -0.15) is 0 Å². The zero-order valence-electron chi connectivity index (χ0n) is 9.78. The summed E-state index contributed by atoms with van der Waals surface area (Å²) >= 11 is 1.09. The first-order valence-corrected chi connectivity index (χ1v) is 5.78. The molecule has 1 aromatic heterocycles. The summed E-state index contributed by atoms with van der Waals surface area (Å²) in [4.78, 5) is 27.3. The van der Waals surface area contributed by atoms with Gasteiger partial charge in [0.1, 0.15) is 0 Å². The fourth-order valence-electron chi connectivity index (χ4n) is 1.19. The van der Waals surface area contributed by atoms with Crippen LogP contribution in [0.5, 0.6) is 0 Å². The number of nitrogens with zero attached hydrogens (tertiary/aromatic N) is 3. The Morgan fingerprint density at radius 3 is 2.76 bits per heavy atom. The van der Waals surface area contributed by atoms with E-state index in [4.69, 9.17) is 0 Å². The number of thioether (sulfide) groups is 1. The number of aromatic nitrogens is 1. The number of carbonyl (C=O) groups excluding carboxylic acids is 1. The second-order valence-corrected chi connectivity index (χ2v) is 4.91. The van der Waals surface area contributed by atoms with Gasteiger partial charge in [-0.15, -0.1) is 0 Å². The van der Waals surface area contributed by atoms with Crippen LogP contribution in [-0.4, -0.2) is 40.1 Å². The first kappa shape index (κ1) is 13.4. The highest BCUT2D eigenvalue weighted by atomic mass is 32.2. The molecular formula is C10H13N3O3S. The maximum absolute atomic E-state index is 11.6. The summed E-state index contributed by atoms with van der Waals surface area (Å²) in [7, 11) is 3.29. The maximum Gasteiger partial charge on any atom is 0.301 e. The van der Waals surface area contributed by atoms with Gasteiger partial charge >= 0.3 is 5.69 Å². The highest BCUT2D eigenvalue weighted by Gasteiger charge is 2.22. The molecule has 1 aromatic rings. The SMILES string of the molecule is C[C@H](Sc1ncccc1[N+](=O)[O-])C(=O)N(C)C. The van der Waals surface area contributed by atoms with E-state index in [0.717, 1.165) is 11.8 Å². The van der Waals surface area contributed by atoms with E-state index in [2.05, 4.69) is 4.98 Å². The summed E-state index contributed by atoms with van der Waals surface area (Å²) in [6.45, 7) is 1.70. The number of carbonyl (C=O) groups is 1. The lowest BCUT2D eigenvalue weighted by Gasteiger charge is -2.15. The van der Waals surface area contributed by atoms with Gasteiger partial charge in [0.15, 0.2) is 5.03 Å². The molecule has 1 atom stereocenters. The normalized spacial score (nSPS) is 11.9. The molecule has 0 fully saturated rings. The van der Waals surface area contributed by atoms with Crippen molar-refractivity contribution in [1.82, 2.24) is 9.88 Å². The number of rotatable bonds is 4. The largest absolute Gasteiger partial charge is 0.348 e. The van der Waals surface area contributed by atoms with E-state index in [1.807, 2.05) is 0 Å². The lowest BCUT2D eigenvalue weighted by atomic mass is 10.4. The van der Waals surface area contributed by atoms with Crippen LogP contribution in [-0.2, 0) is 4.79 Å². The molecule has 0 spiro atoms. The third kappa shape index (κ3) is 3.42. The maximum atomic E-state index is 11.6. The van der Waals surface area contributed by atoms with Gasteiger partial charge in [-0.05, 0) is 13.0 Å². The van der Waals surface area contributed by atoms with Gasteiger partial charge in [0.25, 0.3) is 0 Å². The Hall–Kier alpha value is -1.63. The van der Waals surface area contributed by atoms with Crippen LogP contribution < -0.4 is 0 Å². The van der Waals surface area contributed by atoms with Crippen LogP contribution in [0.2, 0.25) is 0 Å². The fourth-order valence-corrected chi connectivity index (χ4v) is 2.23. The standard InChI is InChI=1S/C10H13N3O3S/c1-7(10(14)12(2)3)17-9-8(13(15)16)5-4-6-11-9/h4-7H,1-3H3/t7-/m0/s1. The van der Waals surface area contributed by atoms with Crippen molar-refractivity contribution in [3.63, 3.8) is 0 Å². The molecule has 92 valence electrons. The van der Waals surface area contributed by atoms with Crippen LogP contribution >= 0.6 is 11.8 Å². The van der Waals surface area contributed by atoms with Crippen LogP contribution in [0.15, 0.2) is 23.4 Å². The van der Waals surface area contributed by atoms with Gasteiger partial charge in [0.05, 0.1) is 10.2 Å². The van der Waals surface area contributed by atoms with Crippen LogP contribution in [0.1, 0.15) is 6.92 Å². The third-order valence-corrected chi connectivity index (χ3v) is 3.12. The topological polar surface area (TPSA) is 76.3 Å². The van der Waals surface area contributed by atoms with Crippen molar-refractivity contribution in [2.24, 2.45) is 0 Å². The number of pyridine rings is 1. The Morgan fingerprint density at radius 1 is 1.59 bits per heavy atom. The second-order valence-electron chi connectivity index (χ2n) is 3.58. The molecule has 0 bridgehead atoms. The summed E-state index contributed by atoms with van der Waals surface area (Å²) in [5.41, 5.74) is -0.0732. The first-order valence-electron chi connectivity index (χ1n) is 4.90. The minimum atomic E-state index is -0.498. The molecule has 0 radical (unpaired) electrons. The Bertz CT molecular complexity index is 437. The lowest BCUT2D eigenvalue weighted by molar-refractivity contribution is -0.388. The van der Waals surface area contributed by atoms with Gasteiger partial charge in [-0.3, -0.25) is 14.9 Å². The van der Waals surface area contributed by atoms with Crippen LogP contribution in [0.3, 0.4) is 0 Å². The van der Waals surface area contributed by atoms with Crippen molar-refractivity contribution >= 4 is 23.4 Å². The molecule has 17 heavy (non-hydrogen) atoms. The monoisotopic (exact) mass is 255 g/mol. The van der Waals surface area contributed by atoms with Crippen molar-refractivity contribution in [3.8, 4) is 0 Å². The van der Waals surface area contributed by atoms with E-state index in [9.17, 15) is 14.9 Å². The number of nitro groups is 1. The molecule has 0 aliphatic rings. The van der Waals surface area contributed by atoms with E-state index in [0.29, 0.717) is 0 Å². The molecule has 1 heterocycles. The van der Waals surface area contributed by atoms with E-state index < -0.39 is 10.2 Å². The molecule has 1 amide bonds. The summed E-state index contributed by atoms with van der Waals surface area (Å²) in [6, 6.07) is 2.88. The van der Waals surface area contributed by atoms with Crippen molar-refractivity contribution < 1.29 is 9.72 Å². The van der Waals surface area contributed by atoms with Gasteiger partial charge in [0, 0.05) is 26.4 Å². The average Bonchev–Trinajstić information content (AvgIpc) is 2.28. The number of hydrogen-bond donors (Lipinski definition) is 0. The highest BCUT2D eigenvalue weighted by Crippen LogP contribution is 2.29. The molecule has 0 saturated carbocycles. The van der Waals surface area contributed by atoms with E-state index in [1.54, 1.807) is 21.0 Å². The van der Waals surface area contributed by atoms with Gasteiger partial charge in [0.2, 0.25) is 5.91 Å². The van der Waals surface area contributed by atoms with E-state index >= 15 is 0 Å². The van der Waals surface area contributed by atoms with Crippen molar-refractivity contribution in [3.05, 3.63) is 28.4 Å². The Kier molecular flexibility index (Phi) is 4.45. The molecular weight excluding hydrogens is 242 g/mol. The summed E-state index contributed by atoms with van der Waals surface area (Å²) < 4.78 is 0. The summed E-state index contributed by atoms with van der Waals surface area (Å²) in [5.74, 6) is -0.102. The van der Waals surface area contributed by atoms with E-state index in [-0.39, 0.29) is 16.6 Å². The number of amides is 1. The van der Waals surface area contributed by atoms with Crippen molar-refractivity contribution in [2.45, 2.75) is 17.2 Å². The third-order valence-electron chi connectivity index (χ3n) is 2.02. The fraction of sp³-hybridized carbons (Fsp3) is 0.400. The quantitative estimate of drug-likeness (QED) is 0.463. The van der Waals surface area contributed by atoms with Crippen LogP contribution in [0.4, 0.5) is 5.69 Å². The van der Waals surface area contributed by atoms with Gasteiger partial charge in [-0.1, -0.05) is 11.8 Å². The molecule has 0 unspecified atom stereocenters. The molecule has 0 saturated heterocycles. The second kappa shape index (κ2) is 5.62. The van der Waals surface area contributed by atoms with Gasteiger partial charge in [-0.25, -0.2) is 4.98 Å². The molecule has 1 rings (SSSR count). The molecule has 7 heteroatoms. The predicted molar refractivity (Wildman–Crippen MR) is 64.9 cm³/mol. The minimum Gasteiger partial charge on any atom is -0.348 e. The van der Waals surface area contributed by atoms with Crippen molar-refractivity contribution in [1.29, 1.82) is 0 Å². The zero-order chi connectivity index (χ0) is 13.0. The van der Waals surface area contributed by atoms with Crippen LogP contribution in [0.25, 0.3) is 0 Å². The van der Waals surface area contributed by atoms with Crippen LogP contribution in [0, 0.1) is 10.1 Å². The van der Waals surface area contributed by atoms with Gasteiger partial charge < -0.3 is 4.90 Å². The summed E-state index contributed by atoms with van der Waals surface area (Å²) in [5, 5.41) is 10.6.